The molecule has 1 rings (SSSR count). The van der Waals surface area contributed by atoms with Crippen molar-refractivity contribution in [2.24, 2.45) is 0 Å². The van der Waals surface area contributed by atoms with Crippen molar-refractivity contribution in [1.82, 2.24) is 4.90 Å². The molecule has 0 bridgehead atoms. The Morgan fingerprint density at radius 3 is 2.40 bits per heavy atom. The van der Waals surface area contributed by atoms with Gasteiger partial charge in [0.15, 0.2) is 0 Å². The standard InChI is InChI=1S/C15H20N2O3/c1-3-10-16(12-15(19)20)11-14(18)17(4-2)13-8-6-5-7-9-13/h3,5-9H,1,4,10-12H2,2H3,(H,19,20). The molecule has 0 atom stereocenters. The topological polar surface area (TPSA) is 60.9 Å². The van der Waals surface area contributed by atoms with Crippen molar-refractivity contribution in [2.75, 3.05) is 31.1 Å². The third kappa shape index (κ3) is 4.85. The monoisotopic (exact) mass is 276 g/mol. The molecule has 0 heterocycles. The molecule has 0 unspecified atom stereocenters. The largest absolute Gasteiger partial charge is 0.480 e. The van der Waals surface area contributed by atoms with Crippen LogP contribution in [0.5, 0.6) is 0 Å². The molecule has 108 valence electrons. The number of likely N-dealkylation sites (N-methyl/N-ethyl adjacent to an activating group) is 1. The number of nitrogens with zero attached hydrogens (tertiary/aromatic N) is 2. The van der Waals surface area contributed by atoms with Crippen molar-refractivity contribution in [2.45, 2.75) is 6.92 Å². The fraction of sp³-hybridized carbons (Fsp3) is 0.333. The van der Waals surface area contributed by atoms with Crippen LogP contribution in [-0.4, -0.2) is 48.1 Å². The molecule has 0 saturated heterocycles. The lowest BCUT2D eigenvalue weighted by Gasteiger charge is -2.25. The van der Waals surface area contributed by atoms with E-state index in [1.54, 1.807) is 15.9 Å². The Balaban J connectivity index is 2.75. The minimum absolute atomic E-state index is 0.0566. The Kier molecular flexibility index (Phi) is 6.46. The van der Waals surface area contributed by atoms with Crippen LogP contribution in [0.15, 0.2) is 43.0 Å². The third-order valence-corrected chi connectivity index (χ3v) is 2.79. The van der Waals surface area contributed by atoms with Crippen molar-refractivity contribution >= 4 is 17.6 Å². The highest BCUT2D eigenvalue weighted by Crippen LogP contribution is 2.13. The van der Waals surface area contributed by atoms with Gasteiger partial charge in [0.05, 0.1) is 13.1 Å². The first-order valence-electron chi connectivity index (χ1n) is 6.49. The van der Waals surface area contributed by atoms with Crippen molar-refractivity contribution < 1.29 is 14.7 Å². The molecular formula is C15H20N2O3. The van der Waals surface area contributed by atoms with Crippen LogP contribution < -0.4 is 4.90 Å². The van der Waals surface area contributed by atoms with Gasteiger partial charge in [-0.05, 0) is 19.1 Å². The van der Waals surface area contributed by atoms with Gasteiger partial charge in [0.1, 0.15) is 0 Å². The Morgan fingerprint density at radius 2 is 1.90 bits per heavy atom. The van der Waals surface area contributed by atoms with Gasteiger partial charge in [0.25, 0.3) is 0 Å². The predicted octanol–water partition coefficient (Wildman–Crippen LogP) is 1.61. The number of benzene rings is 1. The molecule has 0 aliphatic heterocycles. The van der Waals surface area contributed by atoms with Crippen molar-refractivity contribution in [3.63, 3.8) is 0 Å². The summed E-state index contributed by atoms with van der Waals surface area (Å²) in [4.78, 5) is 26.3. The lowest BCUT2D eigenvalue weighted by atomic mass is 10.2. The molecular weight excluding hydrogens is 256 g/mol. The number of rotatable bonds is 8. The molecule has 0 aliphatic carbocycles. The Bertz CT molecular complexity index is 459. The second kappa shape index (κ2) is 8.12. The minimum atomic E-state index is -0.956. The molecule has 1 aromatic carbocycles. The van der Waals surface area contributed by atoms with Crippen LogP contribution in [0.3, 0.4) is 0 Å². The fourth-order valence-electron chi connectivity index (χ4n) is 1.95. The molecule has 0 saturated carbocycles. The lowest BCUT2D eigenvalue weighted by molar-refractivity contribution is -0.138. The first kappa shape index (κ1) is 15.9. The van der Waals surface area contributed by atoms with E-state index < -0.39 is 5.97 Å². The highest BCUT2D eigenvalue weighted by molar-refractivity contribution is 5.94. The van der Waals surface area contributed by atoms with E-state index in [1.165, 1.54) is 0 Å². The van der Waals surface area contributed by atoms with Crippen molar-refractivity contribution in [3.05, 3.63) is 43.0 Å². The van der Waals surface area contributed by atoms with Crippen molar-refractivity contribution in [1.29, 1.82) is 0 Å². The van der Waals surface area contributed by atoms with Crippen LogP contribution >= 0.6 is 0 Å². The quantitative estimate of drug-likeness (QED) is 0.733. The van der Waals surface area contributed by atoms with Gasteiger partial charge in [-0.1, -0.05) is 24.3 Å². The minimum Gasteiger partial charge on any atom is -0.480 e. The van der Waals surface area contributed by atoms with Crippen LogP contribution in [0, 0.1) is 0 Å². The predicted molar refractivity (Wildman–Crippen MR) is 78.7 cm³/mol. The summed E-state index contributed by atoms with van der Waals surface area (Å²) >= 11 is 0. The van der Waals surface area contributed by atoms with Crippen molar-refractivity contribution in [3.8, 4) is 0 Å². The van der Waals surface area contributed by atoms with E-state index in [4.69, 9.17) is 5.11 Å². The van der Waals surface area contributed by atoms with Crippen LogP contribution in [0.4, 0.5) is 5.69 Å². The summed E-state index contributed by atoms with van der Waals surface area (Å²) in [5.74, 6) is -1.08. The number of hydrogen-bond acceptors (Lipinski definition) is 3. The van der Waals surface area contributed by atoms with E-state index in [-0.39, 0.29) is 19.0 Å². The zero-order valence-electron chi connectivity index (χ0n) is 11.7. The number of amides is 1. The highest BCUT2D eigenvalue weighted by atomic mass is 16.4. The van der Waals surface area contributed by atoms with E-state index in [9.17, 15) is 9.59 Å². The molecule has 5 heteroatoms. The zero-order valence-corrected chi connectivity index (χ0v) is 11.7. The molecule has 5 nitrogen and oxygen atoms in total. The van der Waals surface area contributed by atoms with E-state index >= 15 is 0 Å². The zero-order chi connectivity index (χ0) is 15.0. The van der Waals surface area contributed by atoms with Crippen LogP contribution in [0.2, 0.25) is 0 Å². The Hall–Kier alpha value is -2.14. The second-order valence-electron chi connectivity index (χ2n) is 4.33. The van der Waals surface area contributed by atoms with Gasteiger partial charge in [-0.25, -0.2) is 0 Å². The first-order chi connectivity index (χ1) is 9.58. The molecule has 0 fully saturated rings. The van der Waals surface area contributed by atoms with E-state index in [0.29, 0.717) is 13.1 Å². The summed E-state index contributed by atoms with van der Waals surface area (Å²) in [7, 11) is 0. The Labute approximate surface area is 119 Å². The number of carbonyl (C=O) groups is 2. The number of aliphatic carboxylic acids is 1. The number of carbonyl (C=O) groups excluding carboxylic acids is 1. The molecule has 0 spiro atoms. The maximum atomic E-state index is 12.3. The number of hydrogen-bond donors (Lipinski definition) is 1. The summed E-state index contributed by atoms with van der Waals surface area (Å²) in [6.45, 7) is 6.25. The summed E-state index contributed by atoms with van der Waals surface area (Å²) in [5.41, 5.74) is 0.814. The number of carboxylic acid groups (broad SMARTS) is 1. The average molecular weight is 276 g/mol. The van der Waals surface area contributed by atoms with E-state index in [2.05, 4.69) is 6.58 Å². The normalized spacial score (nSPS) is 10.3. The molecule has 1 aromatic rings. The molecule has 0 radical (unpaired) electrons. The number of carboxylic acids is 1. The molecule has 0 aromatic heterocycles. The van der Waals surface area contributed by atoms with Gasteiger partial charge >= 0.3 is 5.97 Å². The maximum absolute atomic E-state index is 12.3. The van der Waals surface area contributed by atoms with Crippen LogP contribution in [0.25, 0.3) is 0 Å². The van der Waals surface area contributed by atoms with Crippen LogP contribution in [0.1, 0.15) is 6.92 Å². The van der Waals surface area contributed by atoms with Gasteiger partial charge in [0.2, 0.25) is 5.91 Å². The SMILES string of the molecule is C=CCN(CC(=O)O)CC(=O)N(CC)c1ccccc1. The van der Waals surface area contributed by atoms with Gasteiger partial charge in [-0.15, -0.1) is 6.58 Å². The molecule has 20 heavy (non-hydrogen) atoms. The van der Waals surface area contributed by atoms with Gasteiger partial charge in [-0.3, -0.25) is 14.5 Å². The fourth-order valence-corrected chi connectivity index (χ4v) is 1.95. The third-order valence-electron chi connectivity index (χ3n) is 2.79. The summed E-state index contributed by atoms with van der Waals surface area (Å²) in [6.07, 6.45) is 1.59. The maximum Gasteiger partial charge on any atom is 0.317 e. The van der Waals surface area contributed by atoms with Gasteiger partial charge < -0.3 is 10.0 Å². The van der Waals surface area contributed by atoms with Gasteiger partial charge in [0, 0.05) is 18.8 Å². The molecule has 1 N–H and O–H groups in total. The smallest absolute Gasteiger partial charge is 0.317 e. The van der Waals surface area contributed by atoms with Gasteiger partial charge in [-0.2, -0.15) is 0 Å². The van der Waals surface area contributed by atoms with E-state index in [0.717, 1.165) is 5.69 Å². The second-order valence-corrected chi connectivity index (χ2v) is 4.33. The summed E-state index contributed by atoms with van der Waals surface area (Å²) in [5, 5.41) is 8.84. The van der Waals surface area contributed by atoms with Crippen LogP contribution in [-0.2, 0) is 9.59 Å². The number of anilines is 1. The summed E-state index contributed by atoms with van der Waals surface area (Å²) < 4.78 is 0. The molecule has 0 aliphatic rings. The first-order valence-corrected chi connectivity index (χ1v) is 6.49. The highest BCUT2D eigenvalue weighted by Gasteiger charge is 2.18. The summed E-state index contributed by atoms with van der Waals surface area (Å²) in [6, 6.07) is 9.33. The lowest BCUT2D eigenvalue weighted by Crippen LogP contribution is -2.42. The van der Waals surface area contributed by atoms with E-state index in [1.807, 2.05) is 37.3 Å². The Morgan fingerprint density at radius 1 is 1.25 bits per heavy atom. The number of para-hydroxylation sites is 1. The molecule has 1 amide bonds. The average Bonchev–Trinajstić information content (AvgIpc) is 2.40.